The summed E-state index contributed by atoms with van der Waals surface area (Å²) in [5, 5.41) is 53.8. The van der Waals surface area contributed by atoms with Crippen LogP contribution in [-0.4, -0.2) is 37.9 Å². The highest BCUT2D eigenvalue weighted by Gasteiger charge is 2.33. The van der Waals surface area contributed by atoms with Crippen molar-refractivity contribution >= 4 is 11.4 Å². The summed E-state index contributed by atoms with van der Waals surface area (Å²) in [7, 11) is 0. The van der Waals surface area contributed by atoms with Crippen LogP contribution in [0, 0.1) is 62.1 Å². The van der Waals surface area contributed by atoms with Crippen molar-refractivity contribution < 1.29 is 0 Å². The molecule has 0 radical (unpaired) electrons. The maximum absolute atomic E-state index is 9.19. The lowest BCUT2D eigenvalue weighted by Gasteiger charge is -2.19. The number of nitrogens with one attached hydrogen (secondary N) is 1. The van der Waals surface area contributed by atoms with Crippen molar-refractivity contribution in [2.24, 2.45) is 4.99 Å². The van der Waals surface area contributed by atoms with Gasteiger partial charge in [-0.25, -0.2) is 19.9 Å². The molecular weight excluding hydrogens is 346 g/mol. The van der Waals surface area contributed by atoms with Gasteiger partial charge in [-0.15, -0.1) is 0 Å². The van der Waals surface area contributed by atoms with E-state index in [4.69, 9.17) is 26.5 Å². The van der Waals surface area contributed by atoms with Gasteiger partial charge in [-0.3, -0.25) is 10.4 Å². The fourth-order valence-electron chi connectivity index (χ4n) is 2.35. The number of aromatic nitrogens is 4. The first-order valence-electron chi connectivity index (χ1n) is 7.05. The van der Waals surface area contributed by atoms with Crippen molar-refractivity contribution in [3.63, 3.8) is 0 Å². The highest BCUT2D eigenvalue weighted by atomic mass is 15.0. The van der Waals surface area contributed by atoms with Crippen molar-refractivity contribution in [1.82, 2.24) is 19.9 Å². The summed E-state index contributed by atoms with van der Waals surface area (Å²) in [6, 6.07) is 8.73. The third-order valence-electron chi connectivity index (χ3n) is 3.45. The summed E-state index contributed by atoms with van der Waals surface area (Å²) >= 11 is 0. The first-order chi connectivity index (χ1) is 13.1. The van der Waals surface area contributed by atoms with Crippen LogP contribution in [0.5, 0.6) is 0 Å². The lowest BCUT2D eigenvalue weighted by Crippen LogP contribution is -2.28. The Morgan fingerprint density at radius 2 is 1.07 bits per heavy atom. The van der Waals surface area contributed by atoms with Gasteiger partial charge in [-0.2, -0.15) is 26.3 Å². The highest BCUT2D eigenvalue weighted by Crippen LogP contribution is 2.30. The van der Waals surface area contributed by atoms with Crippen molar-refractivity contribution in [3.8, 4) is 41.7 Å². The lowest BCUT2D eigenvalue weighted by atomic mass is 9.95. The molecule has 0 fully saturated rings. The minimum Gasteiger partial charge on any atom is -0.296 e. The van der Waals surface area contributed by atoms with Crippen molar-refractivity contribution in [1.29, 1.82) is 31.7 Å². The minimum absolute atomic E-state index is 0.0123. The monoisotopic (exact) mass is 349 g/mol. The Morgan fingerprint density at radius 1 is 0.667 bits per heavy atom. The molecule has 0 amide bonds. The second-order valence-corrected chi connectivity index (χ2v) is 4.88. The molecule has 122 valence electrons. The van der Waals surface area contributed by atoms with Crippen LogP contribution < -0.4 is 0 Å². The molecule has 27 heavy (non-hydrogen) atoms. The standard InChI is InChI=1S/C16H3N11/c17-1-2-23-12-11(22)13-15(26-8(4-19)7(3-18)24-13)16-14(12)25-9(5-20)10(6-21)27-16/h22H,2H2. The number of nitriles is 5. The molecule has 11 heteroatoms. The van der Waals surface area contributed by atoms with Crippen LogP contribution in [0.1, 0.15) is 34.2 Å². The molecule has 3 rings (SSSR count). The van der Waals surface area contributed by atoms with E-state index in [9.17, 15) is 5.26 Å². The van der Waals surface area contributed by atoms with E-state index in [0.717, 1.165) is 0 Å². The second-order valence-electron chi connectivity index (χ2n) is 4.88. The minimum atomic E-state index is -0.301. The van der Waals surface area contributed by atoms with Gasteiger partial charge in [0, 0.05) is 0 Å². The van der Waals surface area contributed by atoms with Crippen LogP contribution in [-0.2, 0) is 0 Å². The molecule has 0 saturated heterocycles. The van der Waals surface area contributed by atoms with Crippen molar-refractivity contribution in [3.05, 3.63) is 34.2 Å². The molecule has 11 nitrogen and oxygen atoms in total. The SMILES string of the molecule is N#CCN=C1C(=N)c2nc(C#N)c(C#N)nc2-c2nc(C#N)c(C#N)nc21. The average molecular weight is 349 g/mol. The molecule has 0 unspecified atom stereocenters. The number of rotatable bonds is 1. The molecule has 2 aromatic heterocycles. The van der Waals surface area contributed by atoms with Gasteiger partial charge < -0.3 is 0 Å². The first kappa shape index (κ1) is 16.8. The van der Waals surface area contributed by atoms with E-state index in [-0.39, 0.29) is 63.5 Å². The Morgan fingerprint density at radius 3 is 1.52 bits per heavy atom. The topological polar surface area (TPSA) is 207 Å². The Labute approximate surface area is 151 Å². The van der Waals surface area contributed by atoms with Gasteiger partial charge in [0.2, 0.25) is 0 Å². The molecule has 0 atom stereocenters. The summed E-state index contributed by atoms with van der Waals surface area (Å²) in [6.07, 6.45) is 0. The molecule has 1 N–H and O–H groups in total. The van der Waals surface area contributed by atoms with Gasteiger partial charge in [-0.05, 0) is 0 Å². The summed E-state index contributed by atoms with van der Waals surface area (Å²) in [5.74, 6) is 0. The van der Waals surface area contributed by atoms with Gasteiger partial charge >= 0.3 is 0 Å². The molecule has 2 aromatic rings. The predicted molar refractivity (Wildman–Crippen MR) is 85.8 cm³/mol. The van der Waals surface area contributed by atoms with Gasteiger partial charge in [-0.1, -0.05) is 0 Å². The van der Waals surface area contributed by atoms with Gasteiger partial charge in [0.1, 0.15) is 65.0 Å². The Bertz CT molecular complexity index is 1270. The van der Waals surface area contributed by atoms with E-state index >= 15 is 0 Å². The van der Waals surface area contributed by atoms with Gasteiger partial charge in [0.05, 0.1) is 6.07 Å². The largest absolute Gasteiger partial charge is 0.296 e. The predicted octanol–water partition coefficient (Wildman–Crippen LogP) is 0.114. The van der Waals surface area contributed by atoms with Crippen LogP contribution >= 0.6 is 0 Å². The summed E-state index contributed by atoms with van der Waals surface area (Å²) in [4.78, 5) is 20.1. The summed E-state index contributed by atoms with van der Waals surface area (Å²) < 4.78 is 0. The van der Waals surface area contributed by atoms with Crippen LogP contribution in [0.4, 0.5) is 0 Å². The fraction of sp³-hybridized carbons (Fsp3) is 0.0625. The van der Waals surface area contributed by atoms with E-state index in [1.807, 2.05) is 0 Å². The summed E-state index contributed by atoms with van der Waals surface area (Å²) in [5.41, 5.74) is -1.64. The smallest absolute Gasteiger partial charge is 0.177 e. The molecule has 1 aliphatic rings. The molecule has 0 bridgehead atoms. The van der Waals surface area contributed by atoms with Gasteiger partial charge in [0.15, 0.2) is 22.8 Å². The number of hydrogen-bond donors (Lipinski definition) is 1. The zero-order valence-corrected chi connectivity index (χ0v) is 13.2. The van der Waals surface area contributed by atoms with Crippen LogP contribution in [0.15, 0.2) is 4.99 Å². The number of nitrogens with zero attached hydrogens (tertiary/aromatic N) is 10. The molecule has 0 aromatic carbocycles. The van der Waals surface area contributed by atoms with Gasteiger partial charge in [0.25, 0.3) is 0 Å². The quantitative estimate of drug-likeness (QED) is 0.692. The Balaban J connectivity index is 2.47. The van der Waals surface area contributed by atoms with E-state index < -0.39 is 0 Å². The molecular formula is C16H3N11. The zero-order chi connectivity index (χ0) is 19.6. The maximum Gasteiger partial charge on any atom is 0.177 e. The van der Waals surface area contributed by atoms with Crippen molar-refractivity contribution in [2.75, 3.05) is 6.54 Å². The van der Waals surface area contributed by atoms with E-state index in [0.29, 0.717) is 0 Å². The number of hydrogen-bond acceptors (Lipinski definition) is 11. The second kappa shape index (κ2) is 6.45. The Hall–Kier alpha value is -5.05. The maximum atomic E-state index is 9.19. The van der Waals surface area contributed by atoms with E-state index in [1.54, 1.807) is 30.3 Å². The fourth-order valence-corrected chi connectivity index (χ4v) is 2.35. The third kappa shape index (κ3) is 2.49. The highest BCUT2D eigenvalue weighted by molar-refractivity contribution is 6.54. The molecule has 0 spiro atoms. The third-order valence-corrected chi connectivity index (χ3v) is 3.45. The molecule has 2 heterocycles. The lowest BCUT2D eigenvalue weighted by molar-refractivity contribution is 1.05. The molecule has 0 saturated carbocycles. The number of aliphatic imine (C=N–C) groups is 1. The van der Waals surface area contributed by atoms with Crippen LogP contribution in [0.2, 0.25) is 0 Å². The van der Waals surface area contributed by atoms with Crippen LogP contribution in [0.3, 0.4) is 0 Å². The van der Waals surface area contributed by atoms with Crippen molar-refractivity contribution in [2.45, 2.75) is 0 Å². The normalized spacial score (nSPS) is 12.6. The zero-order valence-electron chi connectivity index (χ0n) is 13.2. The van der Waals surface area contributed by atoms with Crippen LogP contribution in [0.25, 0.3) is 11.4 Å². The average Bonchev–Trinajstić information content (AvgIpc) is 2.71. The van der Waals surface area contributed by atoms with E-state index in [1.165, 1.54) is 0 Å². The van der Waals surface area contributed by atoms with E-state index in [2.05, 4.69) is 24.9 Å². The molecule has 0 aliphatic heterocycles. The Kier molecular flexibility index (Phi) is 4.01. The molecule has 1 aliphatic carbocycles. The first-order valence-corrected chi connectivity index (χ1v) is 7.05. The summed E-state index contributed by atoms with van der Waals surface area (Å²) in [6.45, 7) is -0.301. The number of fused-ring (bicyclic) bond motifs is 3.